The molecule has 0 aliphatic heterocycles. The third kappa shape index (κ3) is 3.64. The summed E-state index contributed by atoms with van der Waals surface area (Å²) in [5.41, 5.74) is 2.39. The van der Waals surface area contributed by atoms with Crippen LogP contribution < -0.4 is 5.43 Å². The molecule has 0 bridgehead atoms. The summed E-state index contributed by atoms with van der Waals surface area (Å²) in [7, 11) is 0. The Kier molecular flexibility index (Phi) is 4.38. The highest BCUT2D eigenvalue weighted by Gasteiger charge is 2.00. The molecule has 16 heavy (non-hydrogen) atoms. The first-order chi connectivity index (χ1) is 7.63. The van der Waals surface area contributed by atoms with Gasteiger partial charge in [0.2, 0.25) is 0 Å². The van der Waals surface area contributed by atoms with Crippen molar-refractivity contribution in [3.05, 3.63) is 35.4 Å². The van der Waals surface area contributed by atoms with Gasteiger partial charge in [0.05, 0.1) is 12.8 Å². The van der Waals surface area contributed by atoms with Crippen LogP contribution in [0.3, 0.4) is 0 Å². The summed E-state index contributed by atoms with van der Waals surface area (Å²) in [4.78, 5) is 10.8. The molecule has 1 amide bonds. The lowest BCUT2D eigenvalue weighted by molar-refractivity contribution is 0.152. The molecule has 0 saturated heterocycles. The molecular weight excluding hydrogens is 218 g/mol. The van der Waals surface area contributed by atoms with Crippen LogP contribution in [0.1, 0.15) is 12.5 Å². The molecule has 0 spiro atoms. The number of hydrogen-bond donors (Lipinski definition) is 1. The average Bonchev–Trinajstić information content (AvgIpc) is 2.24. The largest absolute Gasteiger partial charge is 0.449 e. The second-order valence-electron chi connectivity index (χ2n) is 2.76. The van der Waals surface area contributed by atoms with Gasteiger partial charge in [-0.05, 0) is 24.6 Å². The van der Waals surface area contributed by atoms with Crippen molar-refractivity contribution in [2.75, 3.05) is 6.61 Å². The number of nitrogens with one attached hydrogen (secondary N) is 1. The van der Waals surface area contributed by atoms with Gasteiger partial charge in [-0.3, -0.25) is 0 Å². The van der Waals surface area contributed by atoms with E-state index in [0.717, 1.165) is 12.1 Å². The number of nitrogens with zero attached hydrogens (tertiary/aromatic N) is 1. The van der Waals surface area contributed by atoms with Crippen LogP contribution in [0.5, 0.6) is 0 Å². The van der Waals surface area contributed by atoms with E-state index in [1.807, 2.05) is 0 Å². The van der Waals surface area contributed by atoms with E-state index in [1.54, 1.807) is 6.92 Å². The van der Waals surface area contributed by atoms with Crippen LogP contribution in [0, 0.1) is 11.6 Å². The molecule has 0 atom stereocenters. The zero-order valence-electron chi connectivity index (χ0n) is 8.54. The normalized spacial score (nSPS) is 10.4. The average molecular weight is 228 g/mol. The predicted molar refractivity (Wildman–Crippen MR) is 54.1 cm³/mol. The third-order valence-corrected chi connectivity index (χ3v) is 1.59. The third-order valence-electron chi connectivity index (χ3n) is 1.59. The molecule has 0 saturated carbocycles. The van der Waals surface area contributed by atoms with E-state index in [2.05, 4.69) is 15.3 Å². The molecule has 6 heteroatoms. The number of hydrazone groups is 1. The van der Waals surface area contributed by atoms with Crippen molar-refractivity contribution >= 4 is 12.3 Å². The molecule has 4 nitrogen and oxygen atoms in total. The van der Waals surface area contributed by atoms with Gasteiger partial charge in [-0.15, -0.1) is 0 Å². The second-order valence-corrected chi connectivity index (χ2v) is 2.76. The van der Waals surface area contributed by atoms with Crippen LogP contribution in [-0.4, -0.2) is 18.9 Å². The van der Waals surface area contributed by atoms with Crippen molar-refractivity contribution < 1.29 is 18.3 Å². The van der Waals surface area contributed by atoms with E-state index in [1.165, 1.54) is 12.3 Å². The number of amides is 1. The summed E-state index contributed by atoms with van der Waals surface area (Å²) in [6.45, 7) is 1.88. The predicted octanol–water partition coefficient (Wildman–Crippen LogP) is 2.04. The van der Waals surface area contributed by atoms with E-state index in [-0.39, 0.29) is 6.61 Å². The van der Waals surface area contributed by atoms with Gasteiger partial charge in [0.15, 0.2) is 11.6 Å². The Bertz CT molecular complexity index is 408. The molecule has 0 aliphatic carbocycles. The Hall–Kier alpha value is -1.98. The molecule has 0 heterocycles. The lowest BCUT2D eigenvalue weighted by Crippen LogP contribution is -2.18. The van der Waals surface area contributed by atoms with Gasteiger partial charge in [-0.2, -0.15) is 5.10 Å². The van der Waals surface area contributed by atoms with Crippen LogP contribution in [0.25, 0.3) is 0 Å². The van der Waals surface area contributed by atoms with E-state index in [4.69, 9.17) is 0 Å². The summed E-state index contributed by atoms with van der Waals surface area (Å²) in [5, 5.41) is 3.49. The van der Waals surface area contributed by atoms with Crippen LogP contribution in [0.15, 0.2) is 23.3 Å². The monoisotopic (exact) mass is 228 g/mol. The highest BCUT2D eigenvalue weighted by atomic mass is 19.2. The number of benzene rings is 1. The van der Waals surface area contributed by atoms with Crippen LogP contribution in [0.2, 0.25) is 0 Å². The summed E-state index contributed by atoms with van der Waals surface area (Å²) >= 11 is 0. The molecule has 1 N–H and O–H groups in total. The molecule has 0 radical (unpaired) electrons. The maximum Gasteiger partial charge on any atom is 0.427 e. The first-order valence-corrected chi connectivity index (χ1v) is 4.54. The van der Waals surface area contributed by atoms with Crippen LogP contribution in [0.4, 0.5) is 13.6 Å². The first-order valence-electron chi connectivity index (χ1n) is 4.54. The van der Waals surface area contributed by atoms with Crippen molar-refractivity contribution in [1.29, 1.82) is 0 Å². The number of ether oxygens (including phenoxy) is 1. The zero-order chi connectivity index (χ0) is 12.0. The molecular formula is C10H10F2N2O2. The topological polar surface area (TPSA) is 50.7 Å². The summed E-state index contributed by atoms with van der Waals surface area (Å²) in [5.74, 6) is -1.91. The Morgan fingerprint density at radius 2 is 2.25 bits per heavy atom. The Labute approximate surface area is 90.9 Å². The lowest BCUT2D eigenvalue weighted by Gasteiger charge is -1.98. The van der Waals surface area contributed by atoms with E-state index < -0.39 is 17.7 Å². The fraction of sp³-hybridized carbons (Fsp3) is 0.200. The van der Waals surface area contributed by atoms with E-state index >= 15 is 0 Å². The fourth-order valence-electron chi connectivity index (χ4n) is 0.916. The first kappa shape index (κ1) is 12.1. The molecule has 0 aromatic heterocycles. The van der Waals surface area contributed by atoms with Gasteiger partial charge in [0.25, 0.3) is 0 Å². The molecule has 86 valence electrons. The number of halogens is 2. The standard InChI is InChI=1S/C10H10F2N2O2/c1-2-16-10(15)14-13-6-7-3-4-8(11)9(12)5-7/h3-6H,2H2,1H3,(H,14,15)/b13-6-. The van der Waals surface area contributed by atoms with Crippen molar-refractivity contribution in [1.82, 2.24) is 5.43 Å². The molecule has 1 aromatic carbocycles. The molecule has 0 unspecified atom stereocenters. The highest BCUT2D eigenvalue weighted by Crippen LogP contribution is 2.06. The minimum atomic E-state index is -0.972. The Balaban J connectivity index is 2.56. The number of carbonyl (C=O) groups excluding carboxylic acids is 1. The Morgan fingerprint density at radius 3 is 2.88 bits per heavy atom. The van der Waals surface area contributed by atoms with Crippen LogP contribution >= 0.6 is 0 Å². The maximum absolute atomic E-state index is 12.7. The highest BCUT2D eigenvalue weighted by molar-refractivity contribution is 5.80. The van der Waals surface area contributed by atoms with Gasteiger partial charge in [0, 0.05) is 0 Å². The van der Waals surface area contributed by atoms with Crippen LogP contribution in [-0.2, 0) is 4.74 Å². The number of rotatable bonds is 3. The SMILES string of the molecule is CCOC(=O)N/N=C\c1ccc(F)c(F)c1. The lowest BCUT2D eigenvalue weighted by atomic mass is 10.2. The molecule has 0 fully saturated rings. The van der Waals surface area contributed by atoms with E-state index in [0.29, 0.717) is 5.56 Å². The number of hydrogen-bond acceptors (Lipinski definition) is 3. The zero-order valence-corrected chi connectivity index (χ0v) is 8.54. The molecule has 1 rings (SSSR count). The van der Waals surface area contributed by atoms with Crippen molar-refractivity contribution in [2.24, 2.45) is 5.10 Å². The molecule has 0 aliphatic rings. The van der Waals surface area contributed by atoms with Gasteiger partial charge >= 0.3 is 6.09 Å². The van der Waals surface area contributed by atoms with Gasteiger partial charge in [0.1, 0.15) is 0 Å². The minimum Gasteiger partial charge on any atom is -0.449 e. The van der Waals surface area contributed by atoms with Gasteiger partial charge < -0.3 is 4.74 Å². The summed E-state index contributed by atoms with van der Waals surface area (Å²) in [6.07, 6.45) is 0.473. The van der Waals surface area contributed by atoms with E-state index in [9.17, 15) is 13.6 Å². The minimum absolute atomic E-state index is 0.229. The number of carbonyl (C=O) groups is 1. The second kappa shape index (κ2) is 5.79. The van der Waals surface area contributed by atoms with Gasteiger partial charge in [-0.25, -0.2) is 19.0 Å². The van der Waals surface area contributed by atoms with Gasteiger partial charge in [-0.1, -0.05) is 6.07 Å². The molecule has 1 aromatic rings. The summed E-state index contributed by atoms with van der Waals surface area (Å²) < 4.78 is 29.8. The Morgan fingerprint density at radius 1 is 1.50 bits per heavy atom. The fourth-order valence-corrected chi connectivity index (χ4v) is 0.916. The maximum atomic E-state index is 12.7. The smallest absolute Gasteiger partial charge is 0.427 e. The van der Waals surface area contributed by atoms with Crippen molar-refractivity contribution in [2.45, 2.75) is 6.92 Å². The quantitative estimate of drug-likeness (QED) is 0.635. The van der Waals surface area contributed by atoms with Crippen molar-refractivity contribution in [3.8, 4) is 0 Å². The van der Waals surface area contributed by atoms with Crippen molar-refractivity contribution in [3.63, 3.8) is 0 Å². The summed E-state index contributed by atoms with van der Waals surface area (Å²) in [6, 6.07) is 3.27.